The van der Waals surface area contributed by atoms with E-state index in [1.54, 1.807) is 0 Å². The van der Waals surface area contributed by atoms with E-state index in [1.165, 1.54) is 37.9 Å². The molecule has 0 radical (unpaired) electrons. The minimum atomic E-state index is 0.498. The topological polar surface area (TPSA) is 44.8 Å². The van der Waals surface area contributed by atoms with E-state index < -0.39 is 0 Å². The van der Waals surface area contributed by atoms with Crippen LogP contribution in [0.3, 0.4) is 0 Å². The van der Waals surface area contributed by atoms with E-state index >= 15 is 0 Å². The van der Waals surface area contributed by atoms with Crippen molar-refractivity contribution < 1.29 is 0 Å². The van der Waals surface area contributed by atoms with E-state index in [2.05, 4.69) is 58.2 Å². The van der Waals surface area contributed by atoms with Crippen molar-refractivity contribution in [3.05, 3.63) is 35.7 Å². The molecule has 1 N–H and O–H groups in total. The average Bonchev–Trinajstić information content (AvgIpc) is 3.04. The maximum atomic E-state index is 4.49. The number of nitrogens with zero attached hydrogens (tertiary/aromatic N) is 3. The number of hydrogen-bond donors (Lipinski definition) is 1. The van der Waals surface area contributed by atoms with Crippen molar-refractivity contribution in [2.24, 2.45) is 0 Å². The Labute approximate surface area is 126 Å². The number of aromatic nitrogens is 3. The first-order valence-corrected chi connectivity index (χ1v) is 8.03. The van der Waals surface area contributed by atoms with Gasteiger partial charge in [0.25, 0.3) is 0 Å². The normalized spacial score (nSPS) is 17.8. The van der Waals surface area contributed by atoms with Gasteiger partial charge < -0.3 is 0 Å². The predicted octanol–water partition coefficient (Wildman–Crippen LogP) is 3.58. The molecular formula is C17H24N4. The highest BCUT2D eigenvalue weighted by Crippen LogP contribution is 2.25. The van der Waals surface area contributed by atoms with E-state index in [1.807, 2.05) is 0 Å². The van der Waals surface area contributed by atoms with Crippen LogP contribution in [-0.4, -0.2) is 33.2 Å². The van der Waals surface area contributed by atoms with Crippen LogP contribution < -0.4 is 0 Å². The molecule has 2 heterocycles. The molecule has 4 nitrogen and oxygen atoms in total. The van der Waals surface area contributed by atoms with Gasteiger partial charge in [0.05, 0.1) is 0 Å². The molecule has 0 spiro atoms. The van der Waals surface area contributed by atoms with Crippen molar-refractivity contribution in [3.63, 3.8) is 0 Å². The fourth-order valence-electron chi connectivity index (χ4n) is 3.01. The number of piperidine rings is 1. The second-order valence-corrected chi connectivity index (χ2v) is 5.85. The summed E-state index contributed by atoms with van der Waals surface area (Å²) in [5, 5.41) is 7.25. The van der Waals surface area contributed by atoms with Gasteiger partial charge in [-0.1, -0.05) is 37.6 Å². The van der Waals surface area contributed by atoms with Crippen LogP contribution in [0, 0.1) is 0 Å². The van der Waals surface area contributed by atoms with Crippen LogP contribution in [0.15, 0.2) is 24.3 Å². The Morgan fingerprint density at radius 1 is 1.14 bits per heavy atom. The predicted molar refractivity (Wildman–Crippen MR) is 85.0 cm³/mol. The first-order chi connectivity index (χ1) is 10.3. The second-order valence-electron chi connectivity index (χ2n) is 5.85. The quantitative estimate of drug-likeness (QED) is 0.933. The fourth-order valence-corrected chi connectivity index (χ4v) is 3.01. The Balaban J connectivity index is 1.73. The lowest BCUT2D eigenvalue weighted by Gasteiger charge is -2.32. The van der Waals surface area contributed by atoms with Crippen molar-refractivity contribution in [3.8, 4) is 11.4 Å². The Hall–Kier alpha value is -1.68. The minimum Gasteiger partial charge on any atom is -0.297 e. The van der Waals surface area contributed by atoms with Crippen LogP contribution in [0.5, 0.6) is 0 Å². The highest BCUT2D eigenvalue weighted by Gasteiger charge is 2.18. The third kappa shape index (κ3) is 3.16. The van der Waals surface area contributed by atoms with E-state index in [-0.39, 0.29) is 0 Å². The van der Waals surface area contributed by atoms with Crippen LogP contribution in [-0.2, 0) is 6.42 Å². The summed E-state index contributed by atoms with van der Waals surface area (Å²) in [6, 6.07) is 9.21. The standard InChI is InChI=1S/C17H24N4/c1-3-16-18-17(20-19-16)15-9-7-14(8-10-15)13(2)21-11-5-4-6-12-21/h7-10,13H,3-6,11-12H2,1-2H3,(H,18,19,20). The molecule has 1 atom stereocenters. The smallest absolute Gasteiger partial charge is 0.181 e. The molecule has 0 amide bonds. The van der Waals surface area contributed by atoms with Crippen molar-refractivity contribution >= 4 is 0 Å². The summed E-state index contributed by atoms with van der Waals surface area (Å²) in [6.45, 7) is 6.84. The highest BCUT2D eigenvalue weighted by molar-refractivity contribution is 5.55. The molecule has 1 saturated heterocycles. The van der Waals surface area contributed by atoms with Gasteiger partial charge in [-0.05, 0) is 38.4 Å². The lowest BCUT2D eigenvalue weighted by molar-refractivity contribution is 0.175. The van der Waals surface area contributed by atoms with E-state index in [4.69, 9.17) is 0 Å². The van der Waals surface area contributed by atoms with Crippen LogP contribution >= 0.6 is 0 Å². The lowest BCUT2D eigenvalue weighted by Crippen LogP contribution is -2.32. The highest BCUT2D eigenvalue weighted by atomic mass is 15.2. The van der Waals surface area contributed by atoms with Crippen molar-refractivity contribution in [1.82, 2.24) is 20.1 Å². The van der Waals surface area contributed by atoms with Crippen molar-refractivity contribution in [1.29, 1.82) is 0 Å². The number of aromatic amines is 1. The first kappa shape index (κ1) is 14.3. The molecule has 1 fully saturated rings. The molecule has 21 heavy (non-hydrogen) atoms. The average molecular weight is 284 g/mol. The fraction of sp³-hybridized carbons (Fsp3) is 0.529. The monoisotopic (exact) mass is 284 g/mol. The van der Waals surface area contributed by atoms with Crippen LogP contribution in [0.4, 0.5) is 0 Å². The van der Waals surface area contributed by atoms with Crippen molar-refractivity contribution in [2.75, 3.05) is 13.1 Å². The third-order valence-electron chi connectivity index (χ3n) is 4.46. The Kier molecular flexibility index (Phi) is 4.34. The molecule has 1 aromatic carbocycles. The molecule has 1 aliphatic rings. The maximum absolute atomic E-state index is 4.49. The van der Waals surface area contributed by atoms with Gasteiger partial charge in [0.1, 0.15) is 5.82 Å². The minimum absolute atomic E-state index is 0.498. The van der Waals surface area contributed by atoms with Gasteiger partial charge in [0.15, 0.2) is 5.82 Å². The van der Waals surface area contributed by atoms with Crippen LogP contribution in [0.2, 0.25) is 0 Å². The summed E-state index contributed by atoms with van der Waals surface area (Å²) in [4.78, 5) is 7.07. The molecule has 1 aliphatic heterocycles. The van der Waals surface area contributed by atoms with Gasteiger partial charge in [0.2, 0.25) is 0 Å². The number of hydrogen-bond acceptors (Lipinski definition) is 3. The zero-order valence-electron chi connectivity index (χ0n) is 13.0. The summed E-state index contributed by atoms with van der Waals surface area (Å²) < 4.78 is 0. The van der Waals surface area contributed by atoms with Gasteiger partial charge in [-0.15, -0.1) is 0 Å². The number of aryl methyl sites for hydroxylation is 1. The summed E-state index contributed by atoms with van der Waals surface area (Å²) >= 11 is 0. The van der Waals surface area contributed by atoms with Gasteiger partial charge in [-0.25, -0.2) is 4.98 Å². The number of likely N-dealkylation sites (tertiary alicyclic amines) is 1. The molecule has 0 bridgehead atoms. The van der Waals surface area contributed by atoms with Gasteiger partial charge in [-0.2, -0.15) is 5.10 Å². The molecule has 3 rings (SSSR count). The molecule has 0 saturated carbocycles. The number of nitrogens with one attached hydrogen (secondary N) is 1. The number of rotatable bonds is 4. The molecule has 0 aliphatic carbocycles. The van der Waals surface area contributed by atoms with E-state index in [9.17, 15) is 0 Å². The maximum Gasteiger partial charge on any atom is 0.181 e. The Bertz CT molecular complexity index is 567. The summed E-state index contributed by atoms with van der Waals surface area (Å²) in [5.41, 5.74) is 2.47. The van der Waals surface area contributed by atoms with Gasteiger partial charge in [-0.3, -0.25) is 10.00 Å². The lowest BCUT2D eigenvalue weighted by atomic mass is 10.0. The molecule has 1 unspecified atom stereocenters. The zero-order chi connectivity index (χ0) is 14.7. The summed E-state index contributed by atoms with van der Waals surface area (Å²) in [7, 11) is 0. The third-order valence-corrected chi connectivity index (χ3v) is 4.46. The first-order valence-electron chi connectivity index (χ1n) is 8.03. The van der Waals surface area contributed by atoms with Crippen LogP contribution in [0.1, 0.15) is 50.5 Å². The molecule has 2 aromatic rings. The summed E-state index contributed by atoms with van der Waals surface area (Å²) in [5.74, 6) is 1.74. The van der Waals surface area contributed by atoms with E-state index in [0.717, 1.165) is 23.6 Å². The molecule has 4 heteroatoms. The molecular weight excluding hydrogens is 260 g/mol. The van der Waals surface area contributed by atoms with Gasteiger partial charge >= 0.3 is 0 Å². The zero-order valence-corrected chi connectivity index (χ0v) is 13.0. The van der Waals surface area contributed by atoms with E-state index in [0.29, 0.717) is 6.04 Å². The number of benzene rings is 1. The van der Waals surface area contributed by atoms with Gasteiger partial charge in [0, 0.05) is 18.0 Å². The largest absolute Gasteiger partial charge is 0.297 e. The second kappa shape index (κ2) is 6.39. The SMILES string of the molecule is CCc1nc(-c2ccc(C(C)N3CCCCC3)cc2)n[nH]1. The van der Waals surface area contributed by atoms with Crippen molar-refractivity contribution in [2.45, 2.75) is 45.6 Å². The number of H-pyrrole nitrogens is 1. The Morgan fingerprint density at radius 3 is 2.48 bits per heavy atom. The molecule has 112 valence electrons. The Morgan fingerprint density at radius 2 is 1.86 bits per heavy atom. The van der Waals surface area contributed by atoms with Crippen LogP contribution in [0.25, 0.3) is 11.4 Å². The molecule has 1 aromatic heterocycles. The summed E-state index contributed by atoms with van der Waals surface area (Å²) in [6.07, 6.45) is 4.93.